The molecule has 21 heavy (non-hydrogen) atoms. The zero-order valence-electron chi connectivity index (χ0n) is 12.0. The van der Waals surface area contributed by atoms with E-state index in [2.05, 4.69) is 0 Å². The molecule has 0 saturated carbocycles. The van der Waals surface area contributed by atoms with Crippen LogP contribution in [0.1, 0.15) is 25.5 Å². The quantitative estimate of drug-likeness (QED) is 0.885. The average Bonchev–Trinajstić information content (AvgIpc) is 2.48. The minimum atomic E-state index is -0.997. The summed E-state index contributed by atoms with van der Waals surface area (Å²) in [5.41, 5.74) is 2.83. The van der Waals surface area contributed by atoms with Gasteiger partial charge in [0, 0.05) is 0 Å². The molecule has 0 amide bonds. The van der Waals surface area contributed by atoms with Crippen LogP contribution in [0.15, 0.2) is 48.5 Å². The van der Waals surface area contributed by atoms with Crippen LogP contribution in [0.3, 0.4) is 0 Å². The Bertz CT molecular complexity index is 617. The Kier molecular flexibility index (Phi) is 4.60. The lowest BCUT2D eigenvalue weighted by atomic mass is 10.0. The van der Waals surface area contributed by atoms with Gasteiger partial charge in [0.2, 0.25) is 0 Å². The summed E-state index contributed by atoms with van der Waals surface area (Å²) in [5, 5.41) is 18.4. The molecule has 110 valence electrons. The van der Waals surface area contributed by atoms with Crippen LogP contribution < -0.4 is 4.74 Å². The molecular weight excluding hydrogens is 268 g/mol. The molecule has 2 unspecified atom stereocenters. The van der Waals surface area contributed by atoms with E-state index in [0.29, 0.717) is 5.75 Å². The third kappa shape index (κ3) is 3.83. The third-order valence-corrected chi connectivity index (χ3v) is 3.22. The van der Waals surface area contributed by atoms with Gasteiger partial charge < -0.3 is 14.9 Å². The highest BCUT2D eigenvalue weighted by atomic mass is 16.5. The second kappa shape index (κ2) is 6.41. The second-order valence-corrected chi connectivity index (χ2v) is 4.92. The molecule has 0 aliphatic rings. The number of hydrogen-bond acceptors (Lipinski definition) is 3. The summed E-state index contributed by atoms with van der Waals surface area (Å²) in [6.45, 7) is 3.21. The Labute approximate surface area is 123 Å². The molecule has 0 aliphatic heterocycles. The van der Waals surface area contributed by atoms with Gasteiger partial charge in [0.25, 0.3) is 0 Å². The zero-order chi connectivity index (χ0) is 15.4. The van der Waals surface area contributed by atoms with Crippen molar-refractivity contribution < 1.29 is 19.7 Å². The maximum Gasteiger partial charge on any atom is 0.344 e. The molecule has 0 saturated heterocycles. The molecule has 0 radical (unpaired) electrons. The number of aliphatic hydroxyl groups is 1. The molecule has 2 N–H and O–H groups in total. The minimum absolute atomic E-state index is 0.510. The van der Waals surface area contributed by atoms with Gasteiger partial charge in [-0.05, 0) is 48.7 Å². The van der Waals surface area contributed by atoms with E-state index in [1.165, 1.54) is 6.92 Å². The van der Waals surface area contributed by atoms with Crippen molar-refractivity contribution in [2.75, 3.05) is 0 Å². The minimum Gasteiger partial charge on any atom is -0.479 e. The summed E-state index contributed by atoms with van der Waals surface area (Å²) < 4.78 is 5.29. The van der Waals surface area contributed by atoms with Crippen LogP contribution in [0.4, 0.5) is 0 Å². The first-order chi connectivity index (χ1) is 9.97. The smallest absolute Gasteiger partial charge is 0.344 e. The van der Waals surface area contributed by atoms with Crippen LogP contribution in [0.2, 0.25) is 0 Å². The lowest BCUT2D eigenvalue weighted by Crippen LogP contribution is -2.22. The highest BCUT2D eigenvalue weighted by Crippen LogP contribution is 2.25. The van der Waals surface area contributed by atoms with Crippen molar-refractivity contribution in [3.8, 4) is 16.9 Å². The fraction of sp³-hybridized carbons (Fsp3) is 0.235. The molecular formula is C17H18O4. The van der Waals surface area contributed by atoms with E-state index >= 15 is 0 Å². The van der Waals surface area contributed by atoms with Crippen molar-refractivity contribution in [2.24, 2.45) is 0 Å². The van der Waals surface area contributed by atoms with Gasteiger partial charge in [-0.1, -0.05) is 30.3 Å². The monoisotopic (exact) mass is 286 g/mol. The normalized spacial score (nSPS) is 13.5. The summed E-state index contributed by atoms with van der Waals surface area (Å²) in [6, 6.07) is 14.9. The van der Waals surface area contributed by atoms with Crippen LogP contribution in [0.5, 0.6) is 5.75 Å². The summed E-state index contributed by atoms with van der Waals surface area (Å²) in [7, 11) is 0. The second-order valence-electron chi connectivity index (χ2n) is 4.92. The Morgan fingerprint density at radius 1 is 1.05 bits per heavy atom. The molecule has 0 fully saturated rings. The molecule has 2 rings (SSSR count). The maximum absolute atomic E-state index is 10.7. The topological polar surface area (TPSA) is 66.8 Å². The SMILES string of the molecule is CC(Oc1ccc(-c2cccc(C(C)O)c2)cc1)C(=O)O. The third-order valence-electron chi connectivity index (χ3n) is 3.22. The molecule has 0 heterocycles. The molecule has 2 aromatic carbocycles. The van der Waals surface area contributed by atoms with Crippen molar-refractivity contribution in [3.05, 3.63) is 54.1 Å². The number of benzene rings is 2. The number of aliphatic hydroxyl groups excluding tert-OH is 1. The standard InChI is InChI=1S/C17H18O4/c1-11(18)14-4-3-5-15(10-14)13-6-8-16(9-7-13)21-12(2)17(19)20/h3-12,18H,1-2H3,(H,19,20). The summed E-state index contributed by atoms with van der Waals surface area (Å²) in [6.07, 6.45) is -1.39. The van der Waals surface area contributed by atoms with Gasteiger partial charge in [0.05, 0.1) is 6.10 Å². The lowest BCUT2D eigenvalue weighted by Gasteiger charge is -2.11. The molecule has 4 nitrogen and oxygen atoms in total. The van der Waals surface area contributed by atoms with Gasteiger partial charge in [-0.2, -0.15) is 0 Å². The predicted molar refractivity (Wildman–Crippen MR) is 80.2 cm³/mol. The van der Waals surface area contributed by atoms with Crippen LogP contribution in [0.25, 0.3) is 11.1 Å². The molecule has 0 bridgehead atoms. The predicted octanol–water partition coefficient (Wildman–Crippen LogP) is 3.26. The Balaban J connectivity index is 2.19. The van der Waals surface area contributed by atoms with E-state index < -0.39 is 18.2 Å². The number of hydrogen-bond donors (Lipinski definition) is 2. The Morgan fingerprint density at radius 3 is 2.29 bits per heavy atom. The number of rotatable bonds is 5. The van der Waals surface area contributed by atoms with Gasteiger partial charge >= 0.3 is 5.97 Å². The van der Waals surface area contributed by atoms with Gasteiger partial charge in [0.15, 0.2) is 6.10 Å². The summed E-state index contributed by atoms with van der Waals surface area (Å²) in [5.74, 6) is -0.482. The van der Waals surface area contributed by atoms with E-state index in [1.54, 1.807) is 19.1 Å². The van der Waals surface area contributed by atoms with E-state index in [-0.39, 0.29) is 0 Å². The first kappa shape index (κ1) is 15.1. The number of carboxylic acid groups (broad SMARTS) is 1. The van der Waals surface area contributed by atoms with Gasteiger partial charge in [-0.15, -0.1) is 0 Å². The first-order valence-corrected chi connectivity index (χ1v) is 6.75. The highest BCUT2D eigenvalue weighted by molar-refractivity contribution is 5.72. The first-order valence-electron chi connectivity index (χ1n) is 6.75. The average molecular weight is 286 g/mol. The van der Waals surface area contributed by atoms with Crippen LogP contribution in [-0.4, -0.2) is 22.3 Å². The van der Waals surface area contributed by atoms with Crippen molar-refractivity contribution in [2.45, 2.75) is 26.1 Å². The van der Waals surface area contributed by atoms with E-state index in [1.807, 2.05) is 36.4 Å². The largest absolute Gasteiger partial charge is 0.479 e. The molecule has 0 spiro atoms. The van der Waals surface area contributed by atoms with Crippen molar-refractivity contribution in [1.29, 1.82) is 0 Å². The van der Waals surface area contributed by atoms with Crippen molar-refractivity contribution in [3.63, 3.8) is 0 Å². The van der Waals surface area contributed by atoms with Crippen LogP contribution in [-0.2, 0) is 4.79 Å². The Morgan fingerprint density at radius 2 is 1.71 bits per heavy atom. The highest BCUT2D eigenvalue weighted by Gasteiger charge is 2.12. The van der Waals surface area contributed by atoms with Crippen molar-refractivity contribution >= 4 is 5.97 Å². The summed E-state index contributed by atoms with van der Waals surface area (Å²) >= 11 is 0. The fourth-order valence-corrected chi connectivity index (χ4v) is 1.96. The number of carboxylic acids is 1. The lowest BCUT2D eigenvalue weighted by molar-refractivity contribution is -0.144. The zero-order valence-corrected chi connectivity index (χ0v) is 12.0. The van der Waals surface area contributed by atoms with E-state index in [4.69, 9.17) is 9.84 Å². The van der Waals surface area contributed by atoms with Crippen LogP contribution in [0, 0.1) is 0 Å². The maximum atomic E-state index is 10.7. The van der Waals surface area contributed by atoms with Crippen molar-refractivity contribution in [1.82, 2.24) is 0 Å². The van der Waals surface area contributed by atoms with Gasteiger partial charge in [-0.3, -0.25) is 0 Å². The van der Waals surface area contributed by atoms with E-state index in [9.17, 15) is 9.90 Å². The molecule has 0 aromatic heterocycles. The number of aliphatic carboxylic acids is 1. The molecule has 2 atom stereocenters. The fourth-order valence-electron chi connectivity index (χ4n) is 1.96. The van der Waals surface area contributed by atoms with Gasteiger partial charge in [-0.25, -0.2) is 4.79 Å². The number of ether oxygens (including phenoxy) is 1. The summed E-state index contributed by atoms with van der Waals surface area (Å²) in [4.78, 5) is 10.7. The molecule has 4 heteroatoms. The molecule has 0 aliphatic carbocycles. The molecule has 2 aromatic rings. The number of carbonyl (C=O) groups is 1. The Hall–Kier alpha value is -2.33. The van der Waals surface area contributed by atoms with E-state index in [0.717, 1.165) is 16.7 Å². The van der Waals surface area contributed by atoms with Gasteiger partial charge in [0.1, 0.15) is 5.75 Å². The van der Waals surface area contributed by atoms with Crippen LogP contribution >= 0.6 is 0 Å².